The number of benzene rings is 2. The smallest absolute Gasteiger partial charge is 0.281 e. The molecule has 0 saturated carbocycles. The monoisotopic (exact) mass is 393 g/mol. The average Bonchev–Trinajstić information content (AvgIpc) is 3.05. The number of carbonyl (C=O) groups is 2. The Hall–Kier alpha value is -3.03. The van der Waals surface area contributed by atoms with Crippen molar-refractivity contribution >= 4 is 17.5 Å². The molecule has 2 aliphatic heterocycles. The van der Waals surface area contributed by atoms with Crippen molar-refractivity contribution in [2.45, 2.75) is 6.92 Å². The van der Waals surface area contributed by atoms with E-state index in [0.29, 0.717) is 49.7 Å². The molecule has 29 heavy (non-hydrogen) atoms. The molecular formula is C22H23N3O4. The number of hydrogen-bond acceptors (Lipinski definition) is 6. The second-order valence-electron chi connectivity index (χ2n) is 7.29. The maximum Gasteiger partial charge on any atom is 0.281 e. The lowest BCUT2D eigenvalue weighted by Crippen LogP contribution is -2.44. The Labute approximate surface area is 169 Å². The van der Waals surface area contributed by atoms with Gasteiger partial charge in [0.05, 0.1) is 24.8 Å². The van der Waals surface area contributed by atoms with Gasteiger partial charge in [0.15, 0.2) is 0 Å². The Morgan fingerprint density at radius 3 is 2.52 bits per heavy atom. The molecule has 1 atom stereocenters. The molecule has 1 N–H and O–H groups in total. The zero-order valence-electron chi connectivity index (χ0n) is 16.2. The first-order valence-electron chi connectivity index (χ1n) is 9.66. The van der Waals surface area contributed by atoms with E-state index in [-0.39, 0.29) is 11.7 Å². The normalized spacial score (nSPS) is 20.0. The van der Waals surface area contributed by atoms with E-state index in [0.717, 1.165) is 10.6 Å². The van der Waals surface area contributed by atoms with Gasteiger partial charge >= 0.3 is 0 Å². The molecule has 1 fully saturated rings. The van der Waals surface area contributed by atoms with Gasteiger partial charge in [-0.05, 0) is 31.2 Å². The van der Waals surface area contributed by atoms with Gasteiger partial charge in [-0.25, -0.2) is 0 Å². The Balaban J connectivity index is 1.67. The largest absolute Gasteiger partial charge is 0.507 e. The Morgan fingerprint density at radius 2 is 1.83 bits per heavy atom. The van der Waals surface area contributed by atoms with Crippen molar-refractivity contribution < 1.29 is 19.4 Å². The highest BCUT2D eigenvalue weighted by Gasteiger charge is 2.41. The summed E-state index contributed by atoms with van der Waals surface area (Å²) in [6.45, 7) is 4.99. The van der Waals surface area contributed by atoms with Crippen LogP contribution in [-0.2, 0) is 9.53 Å². The number of hydrogen-bond donors (Lipinski definition) is 1. The molecule has 0 spiro atoms. The molecule has 150 valence electrons. The van der Waals surface area contributed by atoms with Gasteiger partial charge in [-0.2, -0.15) is 10.1 Å². The summed E-state index contributed by atoms with van der Waals surface area (Å²) in [7, 11) is 0. The van der Waals surface area contributed by atoms with E-state index in [4.69, 9.17) is 4.74 Å². The fourth-order valence-corrected chi connectivity index (χ4v) is 3.59. The number of aryl methyl sites for hydroxylation is 1. The maximum atomic E-state index is 13.2. The van der Waals surface area contributed by atoms with Gasteiger partial charge in [-0.3, -0.25) is 14.5 Å². The highest BCUT2D eigenvalue weighted by atomic mass is 16.5. The fourth-order valence-electron chi connectivity index (χ4n) is 3.59. The van der Waals surface area contributed by atoms with Gasteiger partial charge in [0.2, 0.25) is 0 Å². The SMILES string of the molecule is Cc1ccc(C(=O)N2N=C(c3ccccc3O)[C@@H](CN3CCOCC3)C2=O)cc1. The molecule has 2 aromatic rings. The van der Waals surface area contributed by atoms with Crippen LogP contribution in [0.3, 0.4) is 0 Å². The van der Waals surface area contributed by atoms with Crippen LogP contribution in [-0.4, -0.2) is 65.4 Å². The number of rotatable bonds is 4. The molecule has 2 amide bonds. The van der Waals surface area contributed by atoms with Crippen LogP contribution in [0.2, 0.25) is 0 Å². The first kappa shape index (κ1) is 19.3. The summed E-state index contributed by atoms with van der Waals surface area (Å²) in [6, 6.07) is 13.8. The van der Waals surface area contributed by atoms with Crippen molar-refractivity contribution in [3.05, 3.63) is 65.2 Å². The quantitative estimate of drug-likeness (QED) is 0.804. The molecule has 0 unspecified atom stereocenters. The van der Waals surface area contributed by atoms with Crippen molar-refractivity contribution in [2.24, 2.45) is 11.0 Å². The third-order valence-electron chi connectivity index (χ3n) is 5.26. The molecule has 2 aromatic carbocycles. The van der Waals surface area contributed by atoms with Gasteiger partial charge in [-0.1, -0.05) is 29.8 Å². The topological polar surface area (TPSA) is 82.4 Å². The number of carbonyl (C=O) groups excluding carboxylic acids is 2. The second kappa shape index (κ2) is 8.14. The van der Waals surface area contributed by atoms with Crippen molar-refractivity contribution in [1.82, 2.24) is 9.91 Å². The molecule has 0 radical (unpaired) electrons. The lowest BCUT2D eigenvalue weighted by molar-refractivity contribution is -0.130. The predicted molar refractivity (Wildman–Crippen MR) is 108 cm³/mol. The predicted octanol–water partition coefficient (Wildman–Crippen LogP) is 2.04. The van der Waals surface area contributed by atoms with Crippen LogP contribution in [0.15, 0.2) is 53.6 Å². The van der Waals surface area contributed by atoms with Crippen molar-refractivity contribution in [1.29, 1.82) is 0 Å². The zero-order chi connectivity index (χ0) is 20.4. The second-order valence-corrected chi connectivity index (χ2v) is 7.29. The maximum absolute atomic E-state index is 13.2. The van der Waals surface area contributed by atoms with Gasteiger partial charge in [0, 0.05) is 30.8 Å². The Bertz CT molecular complexity index is 949. The summed E-state index contributed by atoms with van der Waals surface area (Å²) in [4.78, 5) is 28.3. The summed E-state index contributed by atoms with van der Waals surface area (Å²) >= 11 is 0. The van der Waals surface area contributed by atoms with E-state index in [1.165, 1.54) is 0 Å². The molecule has 7 heteroatoms. The number of phenolic OH excluding ortho intramolecular Hbond substituents is 1. The van der Waals surface area contributed by atoms with Gasteiger partial charge in [-0.15, -0.1) is 0 Å². The van der Waals surface area contributed by atoms with Crippen LogP contribution in [0.25, 0.3) is 0 Å². The van der Waals surface area contributed by atoms with Crippen LogP contribution in [0.5, 0.6) is 5.75 Å². The molecule has 0 aliphatic carbocycles. The molecule has 7 nitrogen and oxygen atoms in total. The summed E-state index contributed by atoms with van der Waals surface area (Å²) in [5.74, 6) is -1.43. The van der Waals surface area contributed by atoms with Crippen LogP contribution in [0.1, 0.15) is 21.5 Å². The first-order chi connectivity index (χ1) is 14.0. The Morgan fingerprint density at radius 1 is 1.14 bits per heavy atom. The minimum absolute atomic E-state index is 0.0377. The van der Waals surface area contributed by atoms with Crippen LogP contribution >= 0.6 is 0 Å². The summed E-state index contributed by atoms with van der Waals surface area (Å²) in [6.07, 6.45) is 0. The summed E-state index contributed by atoms with van der Waals surface area (Å²) in [5, 5.41) is 15.6. The van der Waals surface area contributed by atoms with E-state index >= 15 is 0 Å². The van der Waals surface area contributed by atoms with Crippen LogP contribution < -0.4 is 0 Å². The lowest BCUT2D eigenvalue weighted by Gasteiger charge is -2.28. The van der Waals surface area contributed by atoms with Crippen LogP contribution in [0.4, 0.5) is 0 Å². The number of phenols is 1. The van der Waals surface area contributed by atoms with E-state index in [9.17, 15) is 14.7 Å². The number of hydrazone groups is 1. The van der Waals surface area contributed by atoms with Crippen molar-refractivity contribution in [3.63, 3.8) is 0 Å². The van der Waals surface area contributed by atoms with E-state index < -0.39 is 11.8 Å². The standard InChI is InChI=1S/C22H23N3O4/c1-15-6-8-16(9-7-15)21(27)25-22(28)18(14-24-10-12-29-13-11-24)20(23-25)17-4-2-3-5-19(17)26/h2-9,18,26H,10-14H2,1H3/t18-/m1/s1. The number of ether oxygens (including phenoxy) is 1. The lowest BCUT2D eigenvalue weighted by atomic mass is 9.95. The van der Waals surface area contributed by atoms with E-state index in [2.05, 4.69) is 10.0 Å². The molecule has 2 aliphatic rings. The molecular weight excluding hydrogens is 370 g/mol. The summed E-state index contributed by atoms with van der Waals surface area (Å²) in [5.41, 5.74) is 2.31. The zero-order valence-corrected chi connectivity index (χ0v) is 16.2. The number of aromatic hydroxyl groups is 1. The number of amides is 2. The number of para-hydroxylation sites is 1. The van der Waals surface area contributed by atoms with Crippen LogP contribution in [0, 0.1) is 12.8 Å². The molecule has 2 heterocycles. The number of imide groups is 1. The van der Waals surface area contributed by atoms with Gasteiger partial charge in [0.1, 0.15) is 5.75 Å². The third-order valence-corrected chi connectivity index (χ3v) is 5.26. The Kier molecular flexibility index (Phi) is 5.42. The number of morpholine rings is 1. The molecule has 4 rings (SSSR count). The highest BCUT2D eigenvalue weighted by Crippen LogP contribution is 2.28. The molecule has 0 bridgehead atoms. The van der Waals surface area contributed by atoms with Crippen molar-refractivity contribution in [3.8, 4) is 5.75 Å². The summed E-state index contributed by atoms with van der Waals surface area (Å²) < 4.78 is 5.39. The molecule has 1 saturated heterocycles. The highest BCUT2D eigenvalue weighted by molar-refractivity contribution is 6.22. The van der Waals surface area contributed by atoms with Gasteiger partial charge < -0.3 is 9.84 Å². The fraction of sp³-hybridized carbons (Fsp3) is 0.318. The number of nitrogens with zero attached hydrogens (tertiary/aromatic N) is 3. The third kappa shape index (κ3) is 3.92. The minimum Gasteiger partial charge on any atom is -0.507 e. The molecule has 0 aromatic heterocycles. The average molecular weight is 393 g/mol. The minimum atomic E-state index is -0.629. The van der Waals surface area contributed by atoms with E-state index in [1.54, 1.807) is 36.4 Å². The first-order valence-corrected chi connectivity index (χ1v) is 9.66. The van der Waals surface area contributed by atoms with Gasteiger partial charge in [0.25, 0.3) is 11.8 Å². The van der Waals surface area contributed by atoms with E-state index in [1.807, 2.05) is 19.1 Å². The van der Waals surface area contributed by atoms with Crippen molar-refractivity contribution in [2.75, 3.05) is 32.8 Å².